The predicted molar refractivity (Wildman–Crippen MR) is 64.7 cm³/mol. The van der Waals surface area contributed by atoms with E-state index in [-0.39, 0.29) is 11.9 Å². The second-order valence-corrected chi connectivity index (χ2v) is 3.73. The molecule has 0 saturated heterocycles. The number of hydrogen-bond acceptors (Lipinski definition) is 3. The fraction of sp³-hybridized carbons (Fsp3) is 0.800. The average Bonchev–Trinajstić information content (AvgIpc) is 2.17. The Morgan fingerprint density at radius 2 is 2.20 bits per heavy atom. The Kier molecular flexibility index (Phi) is 8.22. The predicted octanol–water partition coefficient (Wildman–Crippen LogP) is 0.984. The van der Waals surface area contributed by atoms with Crippen molar-refractivity contribution in [3.63, 3.8) is 0 Å². The van der Waals surface area contributed by atoms with Gasteiger partial charge in [0.15, 0.2) is 0 Å². The van der Waals surface area contributed by atoms with Crippen LogP contribution in [0.5, 0.6) is 0 Å². The van der Waals surface area contributed by atoms with Gasteiger partial charge in [-0.25, -0.2) is 0 Å². The Labute approximate surface area is 96.5 Å². The first kappa shape index (κ1) is 14.3. The number of ether oxygens (including phenoxy) is 1. The van der Waals surface area contributed by atoms with E-state index in [1.54, 1.807) is 0 Å². The second kappa shape index (κ2) is 8.61. The highest BCUT2D eigenvalue weighted by Gasteiger charge is 2.13. The van der Waals surface area contributed by atoms with Crippen molar-refractivity contribution in [2.45, 2.75) is 39.2 Å². The van der Waals surface area contributed by atoms with Crippen LogP contribution in [0.2, 0.25) is 0 Å². The van der Waals surface area contributed by atoms with Gasteiger partial charge in [0, 0.05) is 13.0 Å². The molecule has 15 heavy (non-hydrogen) atoms. The van der Waals surface area contributed by atoms with Crippen LogP contribution in [0.4, 0.5) is 0 Å². The first-order valence-corrected chi connectivity index (χ1v) is 5.69. The highest BCUT2D eigenvalue weighted by Crippen LogP contribution is 1.98. The number of thiocarbonyl (C=S) groups is 1. The molecule has 0 heterocycles. The van der Waals surface area contributed by atoms with E-state index >= 15 is 0 Å². The first-order valence-electron chi connectivity index (χ1n) is 5.28. The summed E-state index contributed by atoms with van der Waals surface area (Å²) in [6, 6.07) is -0.181. The van der Waals surface area contributed by atoms with Crippen molar-refractivity contribution in [1.29, 1.82) is 0 Å². The number of nitrogens with two attached hydrogens (primary N) is 1. The van der Waals surface area contributed by atoms with Gasteiger partial charge in [0.2, 0.25) is 5.91 Å². The molecule has 0 aliphatic carbocycles. The van der Waals surface area contributed by atoms with Crippen LogP contribution in [0.15, 0.2) is 0 Å². The monoisotopic (exact) mass is 232 g/mol. The molecule has 0 radical (unpaired) electrons. The van der Waals surface area contributed by atoms with Gasteiger partial charge in [0.1, 0.15) is 0 Å². The molecule has 4 nitrogen and oxygen atoms in total. The number of rotatable bonds is 8. The van der Waals surface area contributed by atoms with Crippen LogP contribution >= 0.6 is 12.2 Å². The summed E-state index contributed by atoms with van der Waals surface area (Å²) in [7, 11) is 0. The SMILES string of the molecule is CCCC(NC(=O)CCOCC)C(N)=S. The van der Waals surface area contributed by atoms with Gasteiger partial charge in [-0.15, -0.1) is 0 Å². The highest BCUT2D eigenvalue weighted by molar-refractivity contribution is 7.80. The fourth-order valence-corrected chi connectivity index (χ4v) is 1.33. The molecule has 0 aliphatic rings. The summed E-state index contributed by atoms with van der Waals surface area (Å²) in [6.45, 7) is 4.99. The number of carbonyl (C=O) groups excluding carboxylic acids is 1. The third-order valence-corrected chi connectivity index (χ3v) is 2.22. The van der Waals surface area contributed by atoms with Crippen molar-refractivity contribution >= 4 is 23.1 Å². The zero-order valence-electron chi connectivity index (χ0n) is 9.41. The zero-order chi connectivity index (χ0) is 11.7. The van der Waals surface area contributed by atoms with E-state index in [0.29, 0.717) is 24.6 Å². The maximum atomic E-state index is 11.4. The maximum Gasteiger partial charge on any atom is 0.222 e. The van der Waals surface area contributed by atoms with Crippen molar-refractivity contribution < 1.29 is 9.53 Å². The molecule has 0 bridgehead atoms. The normalized spacial score (nSPS) is 12.1. The van der Waals surface area contributed by atoms with Crippen LogP contribution in [0.25, 0.3) is 0 Å². The van der Waals surface area contributed by atoms with Gasteiger partial charge in [-0.3, -0.25) is 4.79 Å². The summed E-state index contributed by atoms with van der Waals surface area (Å²) in [6.07, 6.45) is 2.08. The van der Waals surface area contributed by atoms with Crippen LogP contribution in [0.3, 0.4) is 0 Å². The lowest BCUT2D eigenvalue weighted by Gasteiger charge is -2.16. The number of nitrogens with one attached hydrogen (secondary N) is 1. The molecule has 0 aromatic heterocycles. The standard InChI is InChI=1S/C10H20N2O2S/c1-3-5-8(10(11)15)12-9(13)6-7-14-4-2/h8H,3-7H2,1-2H3,(H2,11,15)(H,12,13). The lowest BCUT2D eigenvalue weighted by Crippen LogP contribution is -2.43. The summed E-state index contributed by atoms with van der Waals surface area (Å²) in [4.78, 5) is 11.7. The zero-order valence-corrected chi connectivity index (χ0v) is 10.2. The number of hydrogen-bond donors (Lipinski definition) is 2. The quantitative estimate of drug-likeness (QED) is 0.484. The van der Waals surface area contributed by atoms with Gasteiger partial charge < -0.3 is 15.8 Å². The number of amides is 1. The highest BCUT2D eigenvalue weighted by atomic mass is 32.1. The summed E-state index contributed by atoms with van der Waals surface area (Å²) in [5.41, 5.74) is 5.51. The Bertz CT molecular complexity index is 210. The minimum atomic E-state index is -0.181. The minimum Gasteiger partial charge on any atom is -0.392 e. The molecule has 0 rings (SSSR count). The molecule has 5 heteroatoms. The van der Waals surface area contributed by atoms with E-state index in [4.69, 9.17) is 22.7 Å². The van der Waals surface area contributed by atoms with E-state index < -0.39 is 0 Å². The van der Waals surface area contributed by atoms with Crippen molar-refractivity contribution in [2.75, 3.05) is 13.2 Å². The molecule has 0 aliphatic heterocycles. The van der Waals surface area contributed by atoms with Gasteiger partial charge in [-0.2, -0.15) is 0 Å². The maximum absolute atomic E-state index is 11.4. The van der Waals surface area contributed by atoms with Crippen LogP contribution < -0.4 is 11.1 Å². The van der Waals surface area contributed by atoms with Crippen molar-refractivity contribution in [1.82, 2.24) is 5.32 Å². The Morgan fingerprint density at radius 1 is 1.53 bits per heavy atom. The molecule has 1 amide bonds. The van der Waals surface area contributed by atoms with Gasteiger partial charge in [-0.05, 0) is 13.3 Å². The summed E-state index contributed by atoms with van der Waals surface area (Å²) >= 11 is 4.87. The van der Waals surface area contributed by atoms with Crippen molar-refractivity contribution in [3.8, 4) is 0 Å². The largest absolute Gasteiger partial charge is 0.392 e. The van der Waals surface area contributed by atoms with Gasteiger partial charge >= 0.3 is 0 Å². The summed E-state index contributed by atoms with van der Waals surface area (Å²) in [5.74, 6) is -0.0605. The Hall–Kier alpha value is -0.680. The van der Waals surface area contributed by atoms with Crippen LogP contribution in [-0.4, -0.2) is 30.2 Å². The third-order valence-electron chi connectivity index (χ3n) is 1.93. The van der Waals surface area contributed by atoms with Crippen LogP contribution in [0, 0.1) is 0 Å². The molecule has 88 valence electrons. The molecule has 0 aromatic rings. The average molecular weight is 232 g/mol. The topological polar surface area (TPSA) is 64.3 Å². The molecular formula is C10H20N2O2S. The van der Waals surface area contributed by atoms with Crippen LogP contribution in [0.1, 0.15) is 33.1 Å². The fourth-order valence-electron chi connectivity index (χ4n) is 1.15. The summed E-state index contributed by atoms with van der Waals surface area (Å²) in [5, 5.41) is 2.79. The van der Waals surface area contributed by atoms with Crippen molar-refractivity contribution in [2.24, 2.45) is 5.73 Å². The van der Waals surface area contributed by atoms with Crippen molar-refractivity contribution in [3.05, 3.63) is 0 Å². The Morgan fingerprint density at radius 3 is 2.67 bits per heavy atom. The smallest absolute Gasteiger partial charge is 0.222 e. The van der Waals surface area contributed by atoms with E-state index in [2.05, 4.69) is 5.32 Å². The van der Waals surface area contributed by atoms with E-state index in [9.17, 15) is 4.79 Å². The molecule has 0 saturated carbocycles. The minimum absolute atomic E-state index is 0.0605. The molecule has 0 spiro atoms. The molecule has 1 unspecified atom stereocenters. The lowest BCUT2D eigenvalue weighted by atomic mass is 10.1. The second-order valence-electron chi connectivity index (χ2n) is 3.26. The molecule has 1 atom stereocenters. The molecular weight excluding hydrogens is 212 g/mol. The molecule has 0 aromatic carbocycles. The van der Waals surface area contributed by atoms with Crippen LogP contribution in [-0.2, 0) is 9.53 Å². The third kappa shape index (κ3) is 7.27. The lowest BCUT2D eigenvalue weighted by molar-refractivity contribution is -0.122. The summed E-state index contributed by atoms with van der Waals surface area (Å²) < 4.78 is 5.08. The number of carbonyl (C=O) groups is 1. The Balaban J connectivity index is 3.84. The van der Waals surface area contributed by atoms with E-state index in [0.717, 1.165) is 12.8 Å². The van der Waals surface area contributed by atoms with Gasteiger partial charge in [0.05, 0.1) is 17.6 Å². The molecule has 0 fully saturated rings. The van der Waals surface area contributed by atoms with E-state index in [1.807, 2.05) is 13.8 Å². The molecule has 3 N–H and O–H groups in total. The van der Waals surface area contributed by atoms with E-state index in [1.165, 1.54) is 0 Å². The van der Waals surface area contributed by atoms with Gasteiger partial charge in [-0.1, -0.05) is 25.6 Å². The van der Waals surface area contributed by atoms with Gasteiger partial charge in [0.25, 0.3) is 0 Å². The first-order chi connectivity index (χ1) is 7.11.